The molecule has 0 aliphatic heterocycles. The third-order valence-corrected chi connectivity index (χ3v) is 6.41. The van der Waals surface area contributed by atoms with Gasteiger partial charge in [0.15, 0.2) is 5.69 Å². The fourth-order valence-corrected chi connectivity index (χ4v) is 4.42. The summed E-state index contributed by atoms with van der Waals surface area (Å²) < 4.78 is 2.48. The van der Waals surface area contributed by atoms with Crippen LogP contribution >= 0.6 is 11.3 Å². The van der Waals surface area contributed by atoms with Gasteiger partial charge in [0.1, 0.15) is 6.54 Å². The second-order valence-electron chi connectivity index (χ2n) is 8.01. The van der Waals surface area contributed by atoms with E-state index in [1.54, 1.807) is 0 Å². The molecule has 0 saturated carbocycles. The van der Waals surface area contributed by atoms with E-state index in [9.17, 15) is 0 Å². The highest BCUT2D eigenvalue weighted by molar-refractivity contribution is 7.10. The zero-order valence-electron chi connectivity index (χ0n) is 18.4. The van der Waals surface area contributed by atoms with Crippen LogP contribution in [0, 0.1) is 6.92 Å². The fourth-order valence-electron chi connectivity index (χ4n) is 3.49. The Morgan fingerprint density at radius 3 is 2.07 bits per heavy atom. The fraction of sp³-hybridized carbons (Fsp3) is 0.560. The molecule has 0 unspecified atom stereocenters. The van der Waals surface area contributed by atoms with Crippen molar-refractivity contribution in [3.63, 3.8) is 0 Å². The minimum absolute atomic E-state index is 1.14. The largest absolute Gasteiger partial charge is 0.378 e. The summed E-state index contributed by atoms with van der Waals surface area (Å²) in [6.07, 6.45) is 17.0. The molecule has 0 radical (unpaired) electrons. The van der Waals surface area contributed by atoms with Gasteiger partial charge >= 0.3 is 0 Å². The van der Waals surface area contributed by atoms with E-state index in [4.69, 9.17) is 0 Å². The summed E-state index contributed by atoms with van der Waals surface area (Å²) in [5, 5.41) is 3.64. The van der Waals surface area contributed by atoms with E-state index in [2.05, 4.69) is 79.2 Å². The van der Waals surface area contributed by atoms with Crippen LogP contribution in [0.3, 0.4) is 0 Å². The van der Waals surface area contributed by atoms with Crippen molar-refractivity contribution in [3.8, 4) is 0 Å². The lowest BCUT2D eigenvalue weighted by Gasteiger charge is -2.11. The summed E-state index contributed by atoms with van der Waals surface area (Å²) >= 11 is 1.85. The molecule has 2 rings (SSSR count). The summed E-state index contributed by atoms with van der Waals surface area (Å²) in [5.74, 6) is 0. The Morgan fingerprint density at radius 1 is 0.857 bits per heavy atom. The molecule has 154 valence electrons. The van der Waals surface area contributed by atoms with E-state index < -0.39 is 0 Å². The molecule has 0 N–H and O–H groups in total. The second-order valence-corrected chi connectivity index (χ2v) is 8.90. The van der Waals surface area contributed by atoms with Crippen LogP contribution in [0.15, 0.2) is 29.6 Å². The molecule has 28 heavy (non-hydrogen) atoms. The molecule has 0 spiro atoms. The smallest absolute Gasteiger partial charge is 0.261 e. The predicted molar refractivity (Wildman–Crippen MR) is 126 cm³/mol. The van der Waals surface area contributed by atoms with E-state index in [0.29, 0.717) is 0 Å². The normalized spacial score (nSPS) is 11.4. The van der Waals surface area contributed by atoms with E-state index in [1.165, 1.54) is 79.7 Å². The van der Waals surface area contributed by atoms with Crippen LogP contribution < -0.4 is 9.47 Å². The Kier molecular flexibility index (Phi) is 10.3. The van der Waals surface area contributed by atoms with E-state index >= 15 is 0 Å². The number of nitrogens with zero attached hydrogens (tertiary/aromatic N) is 2. The highest BCUT2D eigenvalue weighted by Gasteiger charge is 2.14. The molecule has 0 aliphatic rings. The molecule has 1 heterocycles. The van der Waals surface area contributed by atoms with Crippen LogP contribution in [-0.2, 0) is 6.54 Å². The minimum atomic E-state index is 1.14. The van der Waals surface area contributed by atoms with Crippen molar-refractivity contribution in [2.75, 3.05) is 19.0 Å². The third kappa shape index (κ3) is 7.79. The van der Waals surface area contributed by atoms with Crippen molar-refractivity contribution in [2.24, 2.45) is 0 Å². The highest BCUT2D eigenvalue weighted by atomic mass is 32.1. The molecule has 0 fully saturated rings. The number of rotatable bonds is 13. The predicted octanol–water partition coefficient (Wildman–Crippen LogP) is 7.11. The topological polar surface area (TPSA) is 7.12 Å². The Balaban J connectivity index is 1.78. The third-order valence-electron chi connectivity index (χ3n) is 5.36. The Hall–Kier alpha value is -1.61. The first-order valence-corrected chi connectivity index (χ1v) is 11.9. The number of hydrogen-bond donors (Lipinski definition) is 0. The van der Waals surface area contributed by atoms with Crippen LogP contribution in [0.4, 0.5) is 5.69 Å². The molecule has 0 amide bonds. The van der Waals surface area contributed by atoms with Gasteiger partial charge < -0.3 is 4.90 Å². The highest BCUT2D eigenvalue weighted by Crippen LogP contribution is 2.16. The first kappa shape index (κ1) is 22.7. The number of hydrogen-bond acceptors (Lipinski definition) is 2. The lowest BCUT2D eigenvalue weighted by molar-refractivity contribution is -0.700. The van der Waals surface area contributed by atoms with E-state index in [0.717, 1.165) is 6.54 Å². The average molecular weight is 400 g/mol. The number of benzene rings is 1. The Labute approximate surface area is 176 Å². The van der Waals surface area contributed by atoms with Gasteiger partial charge in [0.2, 0.25) is 0 Å². The zero-order chi connectivity index (χ0) is 20.2. The molecule has 0 aliphatic carbocycles. The first-order valence-electron chi connectivity index (χ1n) is 11.0. The molecule has 1 aromatic carbocycles. The number of aromatic nitrogens is 1. The summed E-state index contributed by atoms with van der Waals surface area (Å²) in [6, 6.07) is 8.74. The summed E-state index contributed by atoms with van der Waals surface area (Å²) in [4.78, 5) is 2.13. The SMILES string of the molecule is CCCCCCCCCCC[n+]1c(C)csc1/C=C/c1ccc(N(C)C)cc1. The molecule has 2 aromatic rings. The zero-order valence-corrected chi connectivity index (χ0v) is 19.2. The van der Waals surface area contributed by atoms with Crippen molar-refractivity contribution in [1.82, 2.24) is 0 Å². The number of aryl methyl sites for hydroxylation is 1. The molecular weight excluding hydrogens is 360 g/mol. The molecule has 0 bridgehead atoms. The van der Waals surface area contributed by atoms with Gasteiger partial charge in [-0.1, -0.05) is 75.3 Å². The van der Waals surface area contributed by atoms with Crippen LogP contribution in [-0.4, -0.2) is 14.1 Å². The van der Waals surface area contributed by atoms with E-state index in [1.807, 2.05) is 11.3 Å². The molecule has 0 saturated heterocycles. The maximum absolute atomic E-state index is 2.48. The van der Waals surface area contributed by atoms with Gasteiger partial charge in [0.25, 0.3) is 5.01 Å². The minimum Gasteiger partial charge on any atom is -0.378 e. The van der Waals surface area contributed by atoms with Crippen LogP contribution in [0.2, 0.25) is 0 Å². The second kappa shape index (κ2) is 12.8. The summed E-state index contributed by atoms with van der Waals surface area (Å²) in [7, 11) is 4.16. The van der Waals surface area contributed by atoms with Crippen molar-refractivity contribution in [1.29, 1.82) is 0 Å². The maximum Gasteiger partial charge on any atom is 0.261 e. The first-order chi connectivity index (χ1) is 13.6. The standard InChI is InChI=1S/C25H39N2S/c1-5-6-7-8-9-10-11-12-13-20-27-22(2)21-28-25(27)19-16-23-14-17-24(18-15-23)26(3)4/h14-19,21H,5-13,20H2,1-4H3/q+1. The molecular formula is C25H39N2S+. The number of unbranched alkanes of at least 4 members (excludes halogenated alkanes) is 8. The number of thiazole rings is 1. The van der Waals surface area contributed by atoms with Crippen LogP contribution in [0.5, 0.6) is 0 Å². The van der Waals surface area contributed by atoms with Gasteiger partial charge in [-0.3, -0.25) is 0 Å². The molecule has 2 nitrogen and oxygen atoms in total. The van der Waals surface area contributed by atoms with E-state index in [-0.39, 0.29) is 0 Å². The Bertz CT molecular complexity index is 698. The van der Waals surface area contributed by atoms with Crippen LogP contribution in [0.1, 0.15) is 81.0 Å². The summed E-state index contributed by atoms with van der Waals surface area (Å²) in [5.41, 5.74) is 3.88. The lowest BCUT2D eigenvalue weighted by Crippen LogP contribution is -2.37. The van der Waals surface area contributed by atoms with Gasteiger partial charge in [-0.25, -0.2) is 0 Å². The molecule has 0 atom stereocenters. The van der Waals surface area contributed by atoms with Crippen molar-refractivity contribution < 1.29 is 4.57 Å². The van der Waals surface area contributed by atoms with Crippen molar-refractivity contribution in [2.45, 2.75) is 78.2 Å². The maximum atomic E-state index is 2.48. The van der Waals surface area contributed by atoms with Gasteiger partial charge in [0.05, 0.1) is 5.38 Å². The van der Waals surface area contributed by atoms with Crippen molar-refractivity contribution in [3.05, 3.63) is 45.9 Å². The van der Waals surface area contributed by atoms with Gasteiger partial charge in [-0.15, -0.1) is 0 Å². The molecule has 3 heteroatoms. The number of anilines is 1. The van der Waals surface area contributed by atoms with Crippen molar-refractivity contribution >= 4 is 29.2 Å². The lowest BCUT2D eigenvalue weighted by atomic mass is 10.1. The Morgan fingerprint density at radius 2 is 1.46 bits per heavy atom. The quantitative estimate of drug-likeness (QED) is 0.257. The van der Waals surface area contributed by atoms with Crippen LogP contribution in [0.25, 0.3) is 12.2 Å². The average Bonchev–Trinajstić information content (AvgIpc) is 3.05. The van der Waals surface area contributed by atoms with Gasteiger partial charge in [0, 0.05) is 39.2 Å². The van der Waals surface area contributed by atoms with Gasteiger partial charge in [-0.05, 0) is 30.2 Å². The molecule has 1 aromatic heterocycles. The summed E-state index contributed by atoms with van der Waals surface area (Å²) in [6.45, 7) is 5.66. The van der Waals surface area contributed by atoms with Gasteiger partial charge in [-0.2, -0.15) is 4.57 Å². The monoisotopic (exact) mass is 399 g/mol.